The summed E-state index contributed by atoms with van der Waals surface area (Å²) in [5.41, 5.74) is 0. The summed E-state index contributed by atoms with van der Waals surface area (Å²) in [4.78, 5) is 0.150. The van der Waals surface area contributed by atoms with Crippen LogP contribution in [0.3, 0.4) is 0 Å². The van der Waals surface area contributed by atoms with Gasteiger partial charge in [0, 0.05) is 20.2 Å². The summed E-state index contributed by atoms with van der Waals surface area (Å²) in [6.07, 6.45) is 1.48. The third-order valence-corrected chi connectivity index (χ3v) is 4.58. The van der Waals surface area contributed by atoms with Crippen molar-refractivity contribution in [2.24, 2.45) is 0 Å². The van der Waals surface area contributed by atoms with Crippen LogP contribution < -0.4 is 4.74 Å². The number of aliphatic hydroxyl groups is 1. The van der Waals surface area contributed by atoms with Gasteiger partial charge in [0.15, 0.2) is 0 Å². The van der Waals surface area contributed by atoms with E-state index in [4.69, 9.17) is 14.6 Å². The summed E-state index contributed by atoms with van der Waals surface area (Å²) in [6, 6.07) is 6.14. The van der Waals surface area contributed by atoms with Gasteiger partial charge in [-0.3, -0.25) is 0 Å². The van der Waals surface area contributed by atoms with Gasteiger partial charge in [0.25, 0.3) is 0 Å². The molecular weight excluding hydrogens is 294 g/mol. The third kappa shape index (κ3) is 5.13. The van der Waals surface area contributed by atoms with Crippen molar-refractivity contribution in [2.45, 2.75) is 4.90 Å². The molecule has 0 bridgehead atoms. The summed E-state index contributed by atoms with van der Waals surface area (Å²) in [7, 11) is -2.07. The number of methoxy groups -OCH3 is 1. The molecular formula is C14H21NO5S. The molecule has 0 radical (unpaired) electrons. The number of ether oxygens (including phenoxy) is 2. The van der Waals surface area contributed by atoms with Crippen molar-refractivity contribution in [2.75, 3.05) is 40.0 Å². The fourth-order valence-corrected chi connectivity index (χ4v) is 3.07. The van der Waals surface area contributed by atoms with Crippen LogP contribution in [-0.4, -0.2) is 57.8 Å². The smallest absolute Gasteiger partial charge is 0.243 e. The number of sulfonamides is 1. The van der Waals surface area contributed by atoms with E-state index in [-0.39, 0.29) is 24.6 Å². The maximum absolute atomic E-state index is 12.4. The van der Waals surface area contributed by atoms with Crippen molar-refractivity contribution >= 4 is 10.0 Å². The first-order valence-electron chi connectivity index (χ1n) is 6.50. The highest BCUT2D eigenvalue weighted by molar-refractivity contribution is 7.89. The van der Waals surface area contributed by atoms with E-state index < -0.39 is 10.0 Å². The molecule has 0 saturated heterocycles. The van der Waals surface area contributed by atoms with Crippen LogP contribution in [0.4, 0.5) is 0 Å². The molecule has 118 valence electrons. The quantitative estimate of drug-likeness (QED) is 0.512. The topological polar surface area (TPSA) is 76.1 Å². The lowest BCUT2D eigenvalue weighted by Crippen LogP contribution is -2.33. The number of nitrogens with zero attached hydrogens (tertiary/aromatic N) is 1. The van der Waals surface area contributed by atoms with Gasteiger partial charge in [-0.2, -0.15) is 4.31 Å². The van der Waals surface area contributed by atoms with Gasteiger partial charge in [-0.15, -0.1) is 6.58 Å². The minimum absolute atomic E-state index is 0.0282. The zero-order valence-corrected chi connectivity index (χ0v) is 12.9. The standard InChI is InChI=1S/C14H21NO5S/c1-3-8-15(9-10-16)21(17,18)14-6-4-13(5-7-14)20-12-11-19-2/h3-7,16H,1,8-12H2,2H3. The molecule has 0 saturated carbocycles. The van der Waals surface area contributed by atoms with Gasteiger partial charge in [0.05, 0.1) is 18.1 Å². The Morgan fingerprint density at radius 3 is 2.48 bits per heavy atom. The van der Waals surface area contributed by atoms with E-state index >= 15 is 0 Å². The van der Waals surface area contributed by atoms with Gasteiger partial charge in [-0.05, 0) is 24.3 Å². The Morgan fingerprint density at radius 1 is 1.29 bits per heavy atom. The van der Waals surface area contributed by atoms with Crippen molar-refractivity contribution in [3.63, 3.8) is 0 Å². The van der Waals surface area contributed by atoms with Crippen LogP contribution in [-0.2, 0) is 14.8 Å². The van der Waals surface area contributed by atoms with E-state index in [2.05, 4.69) is 6.58 Å². The number of rotatable bonds is 10. The Kier molecular flexibility index (Phi) is 7.38. The molecule has 0 aliphatic heterocycles. The maximum Gasteiger partial charge on any atom is 0.243 e. The molecule has 0 aliphatic rings. The average Bonchev–Trinajstić information content (AvgIpc) is 2.48. The molecule has 1 aromatic carbocycles. The lowest BCUT2D eigenvalue weighted by atomic mass is 10.3. The number of hydrogen-bond acceptors (Lipinski definition) is 5. The molecule has 0 amide bonds. The SMILES string of the molecule is C=CCN(CCO)S(=O)(=O)c1ccc(OCCOC)cc1. The highest BCUT2D eigenvalue weighted by atomic mass is 32.2. The molecule has 0 unspecified atom stereocenters. The second-order valence-electron chi connectivity index (χ2n) is 4.19. The van der Waals surface area contributed by atoms with E-state index in [9.17, 15) is 8.42 Å². The molecule has 0 heterocycles. The zero-order chi connectivity index (χ0) is 15.7. The predicted molar refractivity (Wildman–Crippen MR) is 79.9 cm³/mol. The fourth-order valence-electron chi connectivity index (χ4n) is 1.66. The Labute approximate surface area is 125 Å². The van der Waals surface area contributed by atoms with Gasteiger partial charge in [0.2, 0.25) is 10.0 Å². The third-order valence-electron chi connectivity index (χ3n) is 2.70. The van der Waals surface area contributed by atoms with Crippen molar-refractivity contribution < 1.29 is 23.0 Å². The van der Waals surface area contributed by atoms with Crippen LogP contribution in [0.2, 0.25) is 0 Å². The predicted octanol–water partition coefficient (Wildman–Crippen LogP) is 0.881. The van der Waals surface area contributed by atoms with Crippen LogP contribution in [0.5, 0.6) is 5.75 Å². The second kappa shape index (κ2) is 8.78. The summed E-state index contributed by atoms with van der Waals surface area (Å²) < 4.78 is 36.2. The number of benzene rings is 1. The lowest BCUT2D eigenvalue weighted by molar-refractivity contribution is 0.146. The Balaban J connectivity index is 2.85. The van der Waals surface area contributed by atoms with Gasteiger partial charge >= 0.3 is 0 Å². The molecule has 1 N–H and O–H groups in total. The van der Waals surface area contributed by atoms with Crippen LogP contribution >= 0.6 is 0 Å². The first-order chi connectivity index (χ1) is 10.1. The molecule has 0 spiro atoms. The van der Waals surface area contributed by atoms with Crippen molar-refractivity contribution in [3.05, 3.63) is 36.9 Å². The first kappa shape index (κ1) is 17.6. The average molecular weight is 315 g/mol. The molecule has 1 aromatic rings. The van der Waals surface area contributed by atoms with E-state index in [0.29, 0.717) is 19.0 Å². The minimum Gasteiger partial charge on any atom is -0.491 e. The van der Waals surface area contributed by atoms with E-state index in [1.165, 1.54) is 22.5 Å². The molecule has 0 fully saturated rings. The highest BCUT2D eigenvalue weighted by Gasteiger charge is 2.22. The van der Waals surface area contributed by atoms with E-state index in [1.54, 1.807) is 19.2 Å². The molecule has 0 atom stereocenters. The maximum atomic E-state index is 12.4. The monoisotopic (exact) mass is 315 g/mol. The molecule has 21 heavy (non-hydrogen) atoms. The van der Waals surface area contributed by atoms with Crippen LogP contribution in [0.25, 0.3) is 0 Å². The first-order valence-corrected chi connectivity index (χ1v) is 7.94. The Bertz CT molecular complexity index is 527. The summed E-state index contributed by atoms with van der Waals surface area (Å²) in [5.74, 6) is 0.573. The number of aliphatic hydroxyl groups excluding tert-OH is 1. The largest absolute Gasteiger partial charge is 0.491 e. The van der Waals surface area contributed by atoms with Gasteiger partial charge in [0.1, 0.15) is 12.4 Å². The Morgan fingerprint density at radius 2 is 1.95 bits per heavy atom. The van der Waals surface area contributed by atoms with Crippen LogP contribution in [0.1, 0.15) is 0 Å². The van der Waals surface area contributed by atoms with Gasteiger partial charge in [-0.25, -0.2) is 8.42 Å². The lowest BCUT2D eigenvalue weighted by Gasteiger charge is -2.19. The van der Waals surface area contributed by atoms with E-state index in [1.807, 2.05) is 0 Å². The molecule has 1 rings (SSSR count). The van der Waals surface area contributed by atoms with Gasteiger partial charge < -0.3 is 14.6 Å². The van der Waals surface area contributed by atoms with Crippen LogP contribution in [0.15, 0.2) is 41.8 Å². The summed E-state index contributed by atoms with van der Waals surface area (Å²) in [5, 5.41) is 8.97. The molecule has 0 aromatic heterocycles. The number of hydrogen-bond donors (Lipinski definition) is 1. The Hall–Kier alpha value is -1.41. The molecule has 7 heteroatoms. The minimum atomic E-state index is -3.65. The highest BCUT2D eigenvalue weighted by Crippen LogP contribution is 2.19. The molecule has 0 aliphatic carbocycles. The summed E-state index contributed by atoms with van der Waals surface area (Å²) in [6.45, 7) is 4.32. The normalized spacial score (nSPS) is 11.6. The fraction of sp³-hybridized carbons (Fsp3) is 0.429. The molecule has 6 nitrogen and oxygen atoms in total. The van der Waals surface area contributed by atoms with Gasteiger partial charge in [-0.1, -0.05) is 6.08 Å². The van der Waals surface area contributed by atoms with Crippen molar-refractivity contribution in [1.82, 2.24) is 4.31 Å². The van der Waals surface area contributed by atoms with Crippen molar-refractivity contribution in [1.29, 1.82) is 0 Å². The zero-order valence-electron chi connectivity index (χ0n) is 12.1. The second-order valence-corrected chi connectivity index (χ2v) is 6.13. The van der Waals surface area contributed by atoms with Crippen LogP contribution in [0, 0.1) is 0 Å². The summed E-state index contributed by atoms with van der Waals surface area (Å²) >= 11 is 0. The van der Waals surface area contributed by atoms with Crippen molar-refractivity contribution in [3.8, 4) is 5.75 Å². The van der Waals surface area contributed by atoms with E-state index in [0.717, 1.165) is 0 Å².